The largest absolute Gasteiger partial charge is 0.379 e. The van der Waals surface area contributed by atoms with Gasteiger partial charge in [0.15, 0.2) is 0 Å². The maximum atomic E-state index is 12.8. The standard InChI is InChI=1S/C21H25N3O2S/c1-16-2-4-17(5-3-16)15-24-19(14-18-6-13-27-21(18)24)20(25)22-7-8-23-9-11-26-12-10-23/h2-6,13-14H,7-12,15H2,1H3,(H,22,25). The number of hydrogen-bond acceptors (Lipinski definition) is 4. The number of hydrogen-bond donors (Lipinski definition) is 1. The lowest BCUT2D eigenvalue weighted by atomic mass is 10.1. The summed E-state index contributed by atoms with van der Waals surface area (Å²) >= 11 is 1.68. The highest BCUT2D eigenvalue weighted by atomic mass is 32.1. The molecule has 1 aromatic carbocycles. The van der Waals surface area contributed by atoms with Crippen LogP contribution in [0.2, 0.25) is 0 Å². The maximum absolute atomic E-state index is 12.8. The minimum atomic E-state index is -0.00114. The van der Waals surface area contributed by atoms with Crippen LogP contribution in [0.5, 0.6) is 0 Å². The van der Waals surface area contributed by atoms with Crippen molar-refractivity contribution < 1.29 is 9.53 Å². The van der Waals surface area contributed by atoms with E-state index in [1.165, 1.54) is 11.1 Å². The lowest BCUT2D eigenvalue weighted by Crippen LogP contribution is -2.41. The molecule has 1 fully saturated rings. The number of ether oxygens (including phenoxy) is 1. The van der Waals surface area contributed by atoms with Crippen LogP contribution < -0.4 is 5.32 Å². The zero-order valence-electron chi connectivity index (χ0n) is 15.6. The van der Waals surface area contributed by atoms with Gasteiger partial charge >= 0.3 is 0 Å². The number of nitrogens with one attached hydrogen (secondary N) is 1. The lowest BCUT2D eigenvalue weighted by Gasteiger charge is -2.26. The number of rotatable bonds is 6. The molecular weight excluding hydrogens is 358 g/mol. The summed E-state index contributed by atoms with van der Waals surface area (Å²) in [5, 5.41) is 6.30. The number of carbonyl (C=O) groups excluding carboxylic acids is 1. The summed E-state index contributed by atoms with van der Waals surface area (Å²) in [6, 6.07) is 12.6. The summed E-state index contributed by atoms with van der Waals surface area (Å²) in [7, 11) is 0. The number of benzene rings is 1. The highest BCUT2D eigenvalue weighted by Crippen LogP contribution is 2.26. The van der Waals surface area contributed by atoms with Crippen molar-refractivity contribution in [3.8, 4) is 0 Å². The number of aromatic nitrogens is 1. The van der Waals surface area contributed by atoms with Gasteiger partial charge in [0.1, 0.15) is 10.5 Å². The quantitative estimate of drug-likeness (QED) is 0.711. The fraction of sp³-hybridized carbons (Fsp3) is 0.381. The van der Waals surface area contributed by atoms with Gasteiger partial charge in [-0.25, -0.2) is 0 Å². The molecule has 0 saturated carbocycles. The Hall–Kier alpha value is -2.15. The molecule has 1 amide bonds. The molecule has 3 aromatic rings. The summed E-state index contributed by atoms with van der Waals surface area (Å²) in [5.74, 6) is -0.00114. The third kappa shape index (κ3) is 4.24. The molecule has 4 rings (SSSR count). The van der Waals surface area contributed by atoms with Crippen molar-refractivity contribution in [3.63, 3.8) is 0 Å². The van der Waals surface area contributed by atoms with E-state index in [2.05, 4.69) is 57.4 Å². The highest BCUT2D eigenvalue weighted by molar-refractivity contribution is 7.16. The molecule has 0 aliphatic carbocycles. The zero-order valence-corrected chi connectivity index (χ0v) is 16.4. The SMILES string of the molecule is Cc1ccc(Cn2c(C(=O)NCCN3CCOCC3)cc3ccsc32)cc1. The molecule has 27 heavy (non-hydrogen) atoms. The summed E-state index contributed by atoms with van der Waals surface area (Å²) in [5.41, 5.74) is 3.18. The van der Waals surface area contributed by atoms with E-state index >= 15 is 0 Å². The number of nitrogens with zero attached hydrogens (tertiary/aromatic N) is 2. The van der Waals surface area contributed by atoms with E-state index in [4.69, 9.17) is 4.74 Å². The highest BCUT2D eigenvalue weighted by Gasteiger charge is 2.17. The van der Waals surface area contributed by atoms with Crippen molar-refractivity contribution in [3.05, 3.63) is 58.6 Å². The molecule has 1 N–H and O–H groups in total. The van der Waals surface area contributed by atoms with Crippen molar-refractivity contribution >= 4 is 27.5 Å². The predicted octanol–water partition coefficient (Wildman–Crippen LogP) is 3.12. The van der Waals surface area contributed by atoms with Gasteiger partial charge in [-0.3, -0.25) is 9.69 Å². The molecule has 0 unspecified atom stereocenters. The van der Waals surface area contributed by atoms with Crippen molar-refractivity contribution in [2.45, 2.75) is 13.5 Å². The Balaban J connectivity index is 1.47. The molecule has 0 radical (unpaired) electrons. The first-order valence-corrected chi connectivity index (χ1v) is 10.3. The number of fused-ring (bicyclic) bond motifs is 1. The Morgan fingerprint density at radius 2 is 1.96 bits per heavy atom. The van der Waals surface area contributed by atoms with Gasteiger partial charge in [0, 0.05) is 38.1 Å². The molecule has 1 aliphatic heterocycles. The molecule has 0 atom stereocenters. The Labute approximate surface area is 163 Å². The van der Waals surface area contributed by atoms with Crippen LogP contribution in [0.15, 0.2) is 41.8 Å². The normalized spacial score (nSPS) is 15.3. The average Bonchev–Trinajstić information content (AvgIpc) is 3.27. The molecular formula is C21H25N3O2S. The summed E-state index contributed by atoms with van der Waals surface area (Å²) in [6.45, 7) is 7.75. The van der Waals surface area contributed by atoms with E-state index in [9.17, 15) is 4.79 Å². The number of aryl methyl sites for hydroxylation is 1. The Morgan fingerprint density at radius 3 is 2.74 bits per heavy atom. The monoisotopic (exact) mass is 383 g/mol. The molecule has 2 aromatic heterocycles. The molecule has 0 spiro atoms. The van der Waals surface area contributed by atoms with Crippen LogP contribution in [0.4, 0.5) is 0 Å². The molecule has 1 aliphatic rings. The molecule has 5 nitrogen and oxygen atoms in total. The van der Waals surface area contributed by atoms with Crippen molar-refractivity contribution in [2.24, 2.45) is 0 Å². The molecule has 142 valence electrons. The van der Waals surface area contributed by atoms with Gasteiger partial charge in [-0.15, -0.1) is 11.3 Å². The Bertz CT molecular complexity index is 907. The third-order valence-electron chi connectivity index (χ3n) is 5.01. The first-order valence-electron chi connectivity index (χ1n) is 9.41. The van der Waals surface area contributed by atoms with Gasteiger partial charge in [0.05, 0.1) is 13.2 Å². The van der Waals surface area contributed by atoms with Crippen LogP contribution in [0, 0.1) is 6.92 Å². The molecule has 0 bridgehead atoms. The van der Waals surface area contributed by atoms with E-state index in [1.807, 2.05) is 6.07 Å². The summed E-state index contributed by atoms with van der Waals surface area (Å²) in [4.78, 5) is 16.3. The number of carbonyl (C=O) groups is 1. The van der Waals surface area contributed by atoms with Gasteiger partial charge < -0.3 is 14.6 Å². The Morgan fingerprint density at radius 1 is 1.19 bits per heavy atom. The lowest BCUT2D eigenvalue weighted by molar-refractivity contribution is 0.0383. The van der Waals surface area contributed by atoms with E-state index in [1.54, 1.807) is 11.3 Å². The maximum Gasteiger partial charge on any atom is 0.268 e. The first-order chi connectivity index (χ1) is 13.2. The van der Waals surface area contributed by atoms with Gasteiger partial charge in [0.25, 0.3) is 5.91 Å². The molecule has 1 saturated heterocycles. The van der Waals surface area contributed by atoms with Gasteiger partial charge in [-0.1, -0.05) is 29.8 Å². The molecule has 3 heterocycles. The number of amides is 1. The summed E-state index contributed by atoms with van der Waals surface area (Å²) < 4.78 is 7.50. The topological polar surface area (TPSA) is 46.5 Å². The second-order valence-electron chi connectivity index (χ2n) is 6.99. The van der Waals surface area contributed by atoms with E-state index < -0.39 is 0 Å². The third-order valence-corrected chi connectivity index (χ3v) is 5.97. The van der Waals surface area contributed by atoms with Crippen LogP contribution in [-0.2, 0) is 11.3 Å². The number of morpholine rings is 1. The second kappa shape index (κ2) is 8.25. The minimum Gasteiger partial charge on any atom is -0.379 e. The second-order valence-corrected chi connectivity index (χ2v) is 7.89. The van der Waals surface area contributed by atoms with Crippen molar-refractivity contribution in [1.82, 2.24) is 14.8 Å². The van der Waals surface area contributed by atoms with Crippen LogP contribution in [-0.4, -0.2) is 54.8 Å². The zero-order chi connectivity index (χ0) is 18.6. The van der Waals surface area contributed by atoms with E-state index in [0.29, 0.717) is 13.1 Å². The minimum absolute atomic E-state index is 0.00114. The van der Waals surface area contributed by atoms with Crippen molar-refractivity contribution in [1.29, 1.82) is 0 Å². The van der Waals surface area contributed by atoms with Gasteiger partial charge in [-0.05, 0) is 30.0 Å². The summed E-state index contributed by atoms with van der Waals surface area (Å²) in [6.07, 6.45) is 0. The van der Waals surface area contributed by atoms with Crippen LogP contribution >= 0.6 is 11.3 Å². The van der Waals surface area contributed by atoms with Gasteiger partial charge in [-0.2, -0.15) is 0 Å². The van der Waals surface area contributed by atoms with Crippen LogP contribution in [0.1, 0.15) is 21.6 Å². The average molecular weight is 384 g/mol. The van der Waals surface area contributed by atoms with Crippen LogP contribution in [0.3, 0.4) is 0 Å². The van der Waals surface area contributed by atoms with E-state index in [0.717, 1.165) is 48.8 Å². The van der Waals surface area contributed by atoms with Gasteiger partial charge in [0.2, 0.25) is 0 Å². The predicted molar refractivity (Wildman–Crippen MR) is 110 cm³/mol. The van der Waals surface area contributed by atoms with Crippen molar-refractivity contribution in [2.75, 3.05) is 39.4 Å². The smallest absolute Gasteiger partial charge is 0.268 e. The van der Waals surface area contributed by atoms with E-state index in [-0.39, 0.29) is 5.91 Å². The number of thiophene rings is 1. The fourth-order valence-corrected chi connectivity index (χ4v) is 4.34. The molecule has 6 heteroatoms. The fourth-order valence-electron chi connectivity index (χ4n) is 3.44. The first kappa shape index (κ1) is 18.2. The Kier molecular flexibility index (Phi) is 5.57. The van der Waals surface area contributed by atoms with Crippen LogP contribution in [0.25, 0.3) is 10.2 Å².